The van der Waals surface area contributed by atoms with Crippen LogP contribution in [0.25, 0.3) is 0 Å². The number of benzene rings is 1. The zero-order valence-corrected chi connectivity index (χ0v) is 12.2. The lowest BCUT2D eigenvalue weighted by molar-refractivity contribution is 0.0501. The van der Waals surface area contributed by atoms with Gasteiger partial charge in [-0.1, -0.05) is 17.6 Å². The van der Waals surface area contributed by atoms with Gasteiger partial charge < -0.3 is 14.8 Å². The molecule has 1 atom stereocenters. The summed E-state index contributed by atoms with van der Waals surface area (Å²) in [6, 6.07) is 5.41. The van der Waals surface area contributed by atoms with Crippen LogP contribution in [-0.2, 0) is 4.74 Å². The molecule has 2 radical (unpaired) electrons. The fourth-order valence-electron chi connectivity index (χ4n) is 2.19. The van der Waals surface area contributed by atoms with Crippen molar-refractivity contribution in [1.82, 2.24) is 5.32 Å². The average molecular weight is 273 g/mol. The monoisotopic (exact) mass is 273 g/mol. The van der Waals surface area contributed by atoms with Crippen molar-refractivity contribution in [1.29, 1.82) is 0 Å². The van der Waals surface area contributed by atoms with Gasteiger partial charge in [-0.15, -0.1) is 0 Å². The number of hydrogen-bond donors (Lipinski definition) is 1. The summed E-state index contributed by atoms with van der Waals surface area (Å²) in [5.41, 5.74) is 1.10. The minimum absolute atomic E-state index is 0.108. The number of ether oxygens (including phenoxy) is 2. The second kappa shape index (κ2) is 5.77. The third kappa shape index (κ3) is 3.92. The molecule has 0 aromatic heterocycles. The number of carbonyl (C=O) groups is 1. The van der Waals surface area contributed by atoms with Crippen molar-refractivity contribution >= 4 is 19.4 Å². The third-order valence-electron chi connectivity index (χ3n) is 3.00. The molecule has 0 saturated carbocycles. The predicted octanol–water partition coefficient (Wildman–Crippen LogP) is 2.22. The first-order chi connectivity index (χ1) is 9.35. The highest BCUT2D eigenvalue weighted by atomic mass is 16.6. The molecule has 0 aliphatic carbocycles. The summed E-state index contributed by atoms with van der Waals surface area (Å²) >= 11 is 0. The van der Waals surface area contributed by atoms with E-state index in [4.69, 9.17) is 17.3 Å². The van der Waals surface area contributed by atoms with E-state index in [0.717, 1.165) is 24.2 Å². The van der Waals surface area contributed by atoms with Crippen molar-refractivity contribution in [3.8, 4) is 5.75 Å². The molecule has 2 rings (SSSR count). The average Bonchev–Trinajstić information content (AvgIpc) is 2.49. The van der Waals surface area contributed by atoms with Crippen molar-refractivity contribution in [3.05, 3.63) is 23.8 Å². The molecular weight excluding hydrogens is 253 g/mol. The number of fused-ring (bicyclic) bond motifs is 1. The Morgan fingerprint density at radius 1 is 1.45 bits per heavy atom. The van der Waals surface area contributed by atoms with Crippen LogP contribution in [0.1, 0.15) is 45.2 Å². The molecule has 1 aromatic rings. The van der Waals surface area contributed by atoms with E-state index in [1.54, 1.807) is 6.07 Å². The quantitative estimate of drug-likeness (QED) is 0.798. The van der Waals surface area contributed by atoms with Crippen LogP contribution in [0.15, 0.2) is 18.2 Å². The summed E-state index contributed by atoms with van der Waals surface area (Å²) in [5.74, 6) is 0.739. The molecular formula is C15H20BNO3. The lowest BCUT2D eigenvalue weighted by Crippen LogP contribution is -2.35. The van der Waals surface area contributed by atoms with Gasteiger partial charge in [0.05, 0.1) is 12.6 Å². The highest BCUT2D eigenvalue weighted by molar-refractivity contribution is 6.32. The Kier molecular flexibility index (Phi) is 4.26. The van der Waals surface area contributed by atoms with E-state index in [1.807, 2.05) is 32.9 Å². The van der Waals surface area contributed by atoms with Gasteiger partial charge >= 0.3 is 6.09 Å². The maximum absolute atomic E-state index is 11.9. The van der Waals surface area contributed by atoms with Gasteiger partial charge in [-0.05, 0) is 39.7 Å². The molecule has 1 heterocycles. The Morgan fingerprint density at radius 2 is 2.20 bits per heavy atom. The van der Waals surface area contributed by atoms with Gasteiger partial charge in [0, 0.05) is 5.56 Å². The van der Waals surface area contributed by atoms with E-state index in [9.17, 15) is 4.79 Å². The fourth-order valence-corrected chi connectivity index (χ4v) is 2.19. The zero-order chi connectivity index (χ0) is 14.8. The van der Waals surface area contributed by atoms with E-state index in [0.29, 0.717) is 12.1 Å². The first kappa shape index (κ1) is 14.8. The van der Waals surface area contributed by atoms with Gasteiger partial charge in [0.25, 0.3) is 0 Å². The summed E-state index contributed by atoms with van der Waals surface area (Å²) in [7, 11) is 5.77. The molecule has 106 valence electrons. The highest BCUT2D eigenvalue weighted by Gasteiger charge is 2.24. The van der Waals surface area contributed by atoms with Gasteiger partial charge in [-0.25, -0.2) is 4.79 Å². The summed E-state index contributed by atoms with van der Waals surface area (Å²) < 4.78 is 11.0. The van der Waals surface area contributed by atoms with Crippen LogP contribution in [0, 0.1) is 0 Å². The predicted molar refractivity (Wildman–Crippen MR) is 78.7 cm³/mol. The normalized spacial score (nSPS) is 18.4. The lowest BCUT2D eigenvalue weighted by atomic mass is 9.92. The van der Waals surface area contributed by atoms with E-state index in [1.165, 1.54) is 0 Å². The molecule has 20 heavy (non-hydrogen) atoms. The number of rotatable bonds is 1. The molecule has 0 fully saturated rings. The molecule has 5 heteroatoms. The van der Waals surface area contributed by atoms with Crippen LogP contribution in [0.3, 0.4) is 0 Å². The Hall–Kier alpha value is -1.65. The number of carbonyl (C=O) groups excluding carboxylic acids is 1. The second-order valence-electron chi connectivity index (χ2n) is 5.99. The van der Waals surface area contributed by atoms with Crippen molar-refractivity contribution in [2.45, 2.75) is 45.3 Å². The Labute approximate surface area is 121 Å². The van der Waals surface area contributed by atoms with Crippen LogP contribution in [0.4, 0.5) is 4.79 Å². The van der Waals surface area contributed by atoms with Crippen LogP contribution in [0.2, 0.25) is 0 Å². The maximum atomic E-state index is 11.9. The minimum atomic E-state index is -0.505. The highest BCUT2D eigenvalue weighted by Crippen LogP contribution is 2.30. The molecule has 1 unspecified atom stereocenters. The molecule has 1 aliphatic heterocycles. The molecule has 1 amide bonds. The largest absolute Gasteiger partial charge is 0.493 e. The summed E-state index contributed by atoms with van der Waals surface area (Å²) in [5, 5.41) is 2.91. The molecule has 1 aliphatic rings. The standard InChI is InChI=1S/C15H20BNO3/c1-15(2,3)20-14(18)17-12-5-4-8-19-13-9-10(16)6-7-11(12)13/h6-7,9,12H,4-5,8H2,1-3H3,(H,17,18). The van der Waals surface area contributed by atoms with Crippen LogP contribution in [0.5, 0.6) is 5.75 Å². The van der Waals surface area contributed by atoms with Crippen LogP contribution >= 0.6 is 0 Å². The summed E-state index contributed by atoms with van der Waals surface area (Å²) in [6.45, 7) is 6.16. The van der Waals surface area contributed by atoms with Gasteiger partial charge in [0.15, 0.2) is 0 Å². The smallest absolute Gasteiger partial charge is 0.408 e. The summed E-state index contributed by atoms with van der Waals surface area (Å²) in [4.78, 5) is 11.9. The molecule has 0 bridgehead atoms. The Morgan fingerprint density at radius 3 is 2.90 bits per heavy atom. The van der Waals surface area contributed by atoms with E-state index >= 15 is 0 Å². The molecule has 0 saturated heterocycles. The van der Waals surface area contributed by atoms with Gasteiger partial charge in [0.1, 0.15) is 19.2 Å². The number of hydrogen-bond acceptors (Lipinski definition) is 3. The third-order valence-corrected chi connectivity index (χ3v) is 3.00. The Balaban J connectivity index is 2.14. The van der Waals surface area contributed by atoms with Crippen molar-refractivity contribution in [2.75, 3.05) is 6.61 Å². The molecule has 0 spiro atoms. The molecule has 1 N–H and O–H groups in total. The van der Waals surface area contributed by atoms with Crippen molar-refractivity contribution < 1.29 is 14.3 Å². The van der Waals surface area contributed by atoms with Gasteiger partial charge in [-0.2, -0.15) is 0 Å². The molecule has 1 aromatic carbocycles. The van der Waals surface area contributed by atoms with E-state index < -0.39 is 11.7 Å². The second-order valence-corrected chi connectivity index (χ2v) is 5.99. The molecule has 4 nitrogen and oxygen atoms in total. The SMILES string of the molecule is [B]c1ccc2c(c1)OCCCC2NC(=O)OC(C)(C)C. The van der Waals surface area contributed by atoms with Crippen molar-refractivity contribution in [3.63, 3.8) is 0 Å². The number of alkyl carbamates (subject to hydrolysis) is 1. The lowest BCUT2D eigenvalue weighted by Gasteiger charge is -2.23. The van der Waals surface area contributed by atoms with E-state index in [2.05, 4.69) is 5.32 Å². The minimum Gasteiger partial charge on any atom is -0.493 e. The van der Waals surface area contributed by atoms with Crippen molar-refractivity contribution in [2.24, 2.45) is 0 Å². The van der Waals surface area contributed by atoms with Gasteiger partial charge in [-0.3, -0.25) is 0 Å². The maximum Gasteiger partial charge on any atom is 0.408 e. The first-order valence-electron chi connectivity index (χ1n) is 6.87. The Bertz CT molecular complexity index is 496. The first-order valence-corrected chi connectivity index (χ1v) is 6.87. The topological polar surface area (TPSA) is 47.6 Å². The fraction of sp³-hybridized carbons (Fsp3) is 0.533. The van der Waals surface area contributed by atoms with Gasteiger partial charge in [0.2, 0.25) is 0 Å². The van der Waals surface area contributed by atoms with E-state index in [-0.39, 0.29) is 6.04 Å². The zero-order valence-electron chi connectivity index (χ0n) is 12.2. The number of amides is 1. The van der Waals surface area contributed by atoms with Crippen LogP contribution in [-0.4, -0.2) is 26.1 Å². The number of nitrogens with one attached hydrogen (secondary N) is 1. The van der Waals surface area contributed by atoms with Crippen LogP contribution < -0.4 is 15.5 Å². The summed E-state index contributed by atoms with van der Waals surface area (Å²) in [6.07, 6.45) is 1.28.